The van der Waals surface area contributed by atoms with E-state index >= 15 is 0 Å². The maximum Gasteiger partial charge on any atom is 0.320 e. The van der Waals surface area contributed by atoms with Crippen LogP contribution in [0.2, 0.25) is 0 Å². The van der Waals surface area contributed by atoms with Crippen molar-refractivity contribution in [2.75, 3.05) is 42.5 Å². The lowest BCUT2D eigenvalue weighted by Gasteiger charge is -2.39. The highest BCUT2D eigenvalue weighted by molar-refractivity contribution is 5.74. The van der Waals surface area contributed by atoms with Gasteiger partial charge in [-0.3, -0.25) is 4.79 Å². The minimum Gasteiger partial charge on any atom is -0.480 e. The number of hydrogen-bond acceptors (Lipinski definition) is 6. The molecule has 0 aliphatic carbocycles. The highest BCUT2D eigenvalue weighted by Gasteiger charge is 2.43. The summed E-state index contributed by atoms with van der Waals surface area (Å²) in [5.41, 5.74) is 0.0529. The molecule has 3 fully saturated rings. The molecule has 3 saturated heterocycles. The molecule has 3 aliphatic rings. The highest BCUT2D eigenvalue weighted by Crippen LogP contribution is 2.40. The fourth-order valence-electron chi connectivity index (χ4n) is 4.31. The third-order valence-corrected chi connectivity index (χ3v) is 5.88. The molecule has 2 N–H and O–H groups in total. The van der Waals surface area contributed by atoms with Crippen molar-refractivity contribution in [2.24, 2.45) is 5.41 Å². The fraction of sp³-hybridized carbons (Fsp3) is 0.706. The minimum atomic E-state index is -0.767. The van der Waals surface area contributed by atoms with Gasteiger partial charge in [0.05, 0.1) is 6.20 Å². The van der Waals surface area contributed by atoms with E-state index in [0.29, 0.717) is 18.2 Å². The molecule has 1 spiro atoms. The summed E-state index contributed by atoms with van der Waals surface area (Å²) in [6.07, 6.45) is 5.91. The molecule has 8 heteroatoms. The van der Waals surface area contributed by atoms with Crippen molar-refractivity contribution in [3.05, 3.63) is 12.0 Å². The topological polar surface area (TPSA) is 81.6 Å². The van der Waals surface area contributed by atoms with Crippen molar-refractivity contribution in [2.45, 2.75) is 38.1 Å². The summed E-state index contributed by atoms with van der Waals surface area (Å²) in [5, 5.41) is 12.3. The lowest BCUT2D eigenvalue weighted by molar-refractivity contribution is -0.139. The molecule has 4 heterocycles. The van der Waals surface area contributed by atoms with E-state index in [1.165, 1.54) is 6.20 Å². The summed E-state index contributed by atoms with van der Waals surface area (Å²) >= 11 is 0. The van der Waals surface area contributed by atoms with Gasteiger partial charge in [-0.25, -0.2) is 9.37 Å². The van der Waals surface area contributed by atoms with E-state index < -0.39 is 12.0 Å². The number of nitrogens with zero attached hydrogens (tertiary/aromatic N) is 4. The molecular weight excluding hydrogens is 325 g/mol. The molecule has 1 atom stereocenters. The van der Waals surface area contributed by atoms with Crippen molar-refractivity contribution >= 4 is 17.7 Å². The van der Waals surface area contributed by atoms with Gasteiger partial charge in [-0.05, 0) is 37.5 Å². The molecule has 0 amide bonds. The first kappa shape index (κ1) is 16.5. The molecule has 25 heavy (non-hydrogen) atoms. The second-order valence-electron chi connectivity index (χ2n) is 7.50. The molecule has 7 nitrogen and oxygen atoms in total. The largest absolute Gasteiger partial charge is 0.480 e. The quantitative estimate of drug-likeness (QED) is 0.850. The minimum absolute atomic E-state index is 0.0529. The average Bonchev–Trinajstić information content (AvgIpc) is 3.27. The van der Waals surface area contributed by atoms with Crippen molar-refractivity contribution in [1.29, 1.82) is 0 Å². The van der Waals surface area contributed by atoms with Crippen LogP contribution >= 0.6 is 0 Å². The normalized spacial score (nSPS) is 25.7. The Hall–Kier alpha value is -1.96. The molecule has 1 aromatic rings. The SMILES string of the molecule is O=C(O)[C@@H]1CC2(CCN(c3ncc(F)c(N4CCCC4)n3)CC2)CN1. The van der Waals surface area contributed by atoms with Crippen molar-refractivity contribution in [1.82, 2.24) is 15.3 Å². The Bertz CT molecular complexity index is 656. The maximum atomic E-state index is 14.1. The van der Waals surface area contributed by atoms with Crippen LogP contribution in [0.1, 0.15) is 32.1 Å². The van der Waals surface area contributed by atoms with Gasteiger partial charge in [0.25, 0.3) is 0 Å². The number of anilines is 2. The van der Waals surface area contributed by atoms with Gasteiger partial charge in [-0.1, -0.05) is 0 Å². The number of carboxylic acid groups (broad SMARTS) is 1. The van der Waals surface area contributed by atoms with Gasteiger partial charge in [-0.2, -0.15) is 4.98 Å². The van der Waals surface area contributed by atoms with Gasteiger partial charge in [-0.15, -0.1) is 0 Å². The van der Waals surface area contributed by atoms with E-state index in [1.54, 1.807) is 0 Å². The van der Waals surface area contributed by atoms with Crippen LogP contribution in [0.15, 0.2) is 6.20 Å². The zero-order valence-electron chi connectivity index (χ0n) is 14.2. The van der Waals surface area contributed by atoms with Crippen LogP contribution < -0.4 is 15.1 Å². The monoisotopic (exact) mass is 349 g/mol. The van der Waals surface area contributed by atoms with E-state index in [4.69, 9.17) is 0 Å². The molecule has 1 aromatic heterocycles. The van der Waals surface area contributed by atoms with Gasteiger partial charge in [0, 0.05) is 32.7 Å². The van der Waals surface area contributed by atoms with E-state index in [9.17, 15) is 14.3 Å². The highest BCUT2D eigenvalue weighted by atomic mass is 19.1. The van der Waals surface area contributed by atoms with E-state index in [1.807, 2.05) is 4.90 Å². The predicted octanol–water partition coefficient (Wildman–Crippen LogP) is 1.25. The molecule has 136 valence electrons. The Morgan fingerprint density at radius 2 is 1.96 bits per heavy atom. The van der Waals surface area contributed by atoms with Gasteiger partial charge < -0.3 is 20.2 Å². The van der Waals surface area contributed by atoms with Crippen LogP contribution in [0.4, 0.5) is 16.2 Å². The first-order valence-corrected chi connectivity index (χ1v) is 9.05. The van der Waals surface area contributed by atoms with Crippen molar-refractivity contribution in [3.8, 4) is 0 Å². The van der Waals surface area contributed by atoms with Gasteiger partial charge in [0.1, 0.15) is 6.04 Å². The number of aliphatic carboxylic acids is 1. The Labute approximate surface area is 146 Å². The molecule has 3 aliphatic heterocycles. The van der Waals surface area contributed by atoms with Gasteiger partial charge in [0.15, 0.2) is 11.6 Å². The average molecular weight is 349 g/mol. The number of carbonyl (C=O) groups is 1. The third-order valence-electron chi connectivity index (χ3n) is 5.88. The predicted molar refractivity (Wildman–Crippen MR) is 91.4 cm³/mol. The third kappa shape index (κ3) is 3.15. The van der Waals surface area contributed by atoms with Crippen molar-refractivity contribution in [3.63, 3.8) is 0 Å². The number of hydrogen-bond donors (Lipinski definition) is 2. The molecule has 0 saturated carbocycles. The lowest BCUT2D eigenvalue weighted by atomic mass is 9.76. The van der Waals surface area contributed by atoms with Crippen LogP contribution in [0, 0.1) is 11.2 Å². The van der Waals surface area contributed by atoms with Crippen LogP contribution in [0.5, 0.6) is 0 Å². The number of halogens is 1. The van der Waals surface area contributed by atoms with Crippen LogP contribution in [-0.4, -0.2) is 59.8 Å². The first-order chi connectivity index (χ1) is 12.1. The van der Waals surface area contributed by atoms with Crippen molar-refractivity contribution < 1.29 is 14.3 Å². The van der Waals surface area contributed by atoms with Gasteiger partial charge in [0.2, 0.25) is 5.95 Å². The zero-order chi connectivity index (χ0) is 17.4. The van der Waals surface area contributed by atoms with Crippen LogP contribution in [-0.2, 0) is 4.79 Å². The fourth-order valence-corrected chi connectivity index (χ4v) is 4.31. The van der Waals surface area contributed by atoms with Crippen LogP contribution in [0.25, 0.3) is 0 Å². The molecule has 0 radical (unpaired) electrons. The summed E-state index contributed by atoms with van der Waals surface area (Å²) in [7, 11) is 0. The molecule has 0 bridgehead atoms. The number of nitrogens with one attached hydrogen (secondary N) is 1. The van der Waals surface area contributed by atoms with E-state index in [0.717, 1.165) is 58.4 Å². The zero-order valence-corrected chi connectivity index (χ0v) is 14.2. The summed E-state index contributed by atoms with van der Waals surface area (Å²) < 4.78 is 14.1. The molecule has 0 unspecified atom stereocenters. The number of aromatic nitrogens is 2. The smallest absolute Gasteiger partial charge is 0.320 e. The number of rotatable bonds is 3. The molecule has 0 aromatic carbocycles. The summed E-state index contributed by atoms with van der Waals surface area (Å²) in [6.45, 7) is 4.00. The lowest BCUT2D eigenvalue weighted by Crippen LogP contribution is -2.42. The summed E-state index contributed by atoms with van der Waals surface area (Å²) in [4.78, 5) is 23.9. The van der Waals surface area contributed by atoms with E-state index in [2.05, 4.69) is 20.2 Å². The second-order valence-corrected chi connectivity index (χ2v) is 7.50. The standard InChI is InChI=1S/C17H24FN5O2/c18-12-10-19-16(21-14(12)22-5-1-2-6-22)23-7-3-17(4-8-23)9-13(15(24)25)20-11-17/h10,13,20H,1-9,11H2,(H,24,25)/t13-/m0/s1. The first-order valence-electron chi connectivity index (χ1n) is 9.05. The number of carboxylic acids is 1. The molecular formula is C17H24FN5O2. The Morgan fingerprint density at radius 1 is 1.24 bits per heavy atom. The molecule has 4 rings (SSSR count). The Morgan fingerprint density at radius 3 is 2.60 bits per heavy atom. The van der Waals surface area contributed by atoms with E-state index in [-0.39, 0.29) is 11.2 Å². The van der Waals surface area contributed by atoms with Gasteiger partial charge >= 0.3 is 5.97 Å². The maximum absolute atomic E-state index is 14.1. The summed E-state index contributed by atoms with van der Waals surface area (Å²) in [6, 6.07) is -0.435. The van der Waals surface area contributed by atoms with Crippen LogP contribution in [0.3, 0.4) is 0 Å². The Balaban J connectivity index is 1.44. The second kappa shape index (κ2) is 6.40. The number of piperidine rings is 1. The summed E-state index contributed by atoms with van der Waals surface area (Å²) in [5.74, 6) is -0.130. The Kier molecular flexibility index (Phi) is 4.23.